The van der Waals surface area contributed by atoms with Crippen molar-refractivity contribution in [1.29, 1.82) is 0 Å². The second-order valence-corrected chi connectivity index (χ2v) is 5.84. The van der Waals surface area contributed by atoms with Gasteiger partial charge in [-0.15, -0.1) is 0 Å². The number of hydrogen-bond donors (Lipinski definition) is 1. The van der Waals surface area contributed by atoms with Gasteiger partial charge in [-0.2, -0.15) is 0 Å². The summed E-state index contributed by atoms with van der Waals surface area (Å²) in [7, 11) is 0. The number of aromatic hydroxyl groups is 1. The number of rotatable bonds is 6. The van der Waals surface area contributed by atoms with E-state index in [9.17, 15) is 14.7 Å². The van der Waals surface area contributed by atoms with Crippen molar-refractivity contribution in [2.75, 3.05) is 6.61 Å². The number of phenols is 1. The molecule has 0 atom stereocenters. The highest BCUT2D eigenvalue weighted by atomic mass is 16.5. The van der Waals surface area contributed by atoms with E-state index in [0.29, 0.717) is 25.0 Å². The molecule has 1 saturated carbocycles. The molecule has 0 aromatic heterocycles. The van der Waals surface area contributed by atoms with Gasteiger partial charge < -0.3 is 9.84 Å². The van der Waals surface area contributed by atoms with Gasteiger partial charge in [0.1, 0.15) is 5.75 Å². The lowest BCUT2D eigenvalue weighted by atomic mass is 9.77. The van der Waals surface area contributed by atoms with Crippen molar-refractivity contribution in [3.8, 4) is 5.75 Å². The largest absolute Gasteiger partial charge is 0.508 e. The fraction of sp³-hybridized carbons (Fsp3) is 0.529. The molecule has 1 aromatic rings. The third-order valence-corrected chi connectivity index (χ3v) is 4.21. The Balaban J connectivity index is 2.07. The number of hydrogen-bond acceptors (Lipinski definition) is 4. The van der Waals surface area contributed by atoms with E-state index in [2.05, 4.69) is 0 Å². The van der Waals surface area contributed by atoms with E-state index in [-0.39, 0.29) is 22.9 Å². The third kappa shape index (κ3) is 4.06. The summed E-state index contributed by atoms with van der Waals surface area (Å²) in [5, 5.41) is 9.28. The Labute approximate surface area is 125 Å². The maximum absolute atomic E-state index is 12.4. The van der Waals surface area contributed by atoms with Crippen LogP contribution >= 0.6 is 0 Å². The van der Waals surface area contributed by atoms with Crippen LogP contribution in [-0.4, -0.2) is 23.5 Å². The van der Waals surface area contributed by atoms with E-state index in [1.54, 1.807) is 19.1 Å². The molecule has 0 saturated heterocycles. The van der Waals surface area contributed by atoms with Crippen LogP contribution in [0.2, 0.25) is 0 Å². The fourth-order valence-electron chi connectivity index (χ4n) is 3.15. The molecule has 2 rings (SSSR count). The molecule has 114 valence electrons. The van der Waals surface area contributed by atoms with E-state index in [1.165, 1.54) is 12.1 Å². The van der Waals surface area contributed by atoms with Gasteiger partial charge in [0, 0.05) is 12.0 Å². The highest BCUT2D eigenvalue weighted by molar-refractivity contribution is 5.96. The number of Topliss-reactive ketones (excluding diaryl/α,β-unsaturated/α-hetero) is 1. The minimum absolute atomic E-state index is 0.0289. The zero-order chi connectivity index (χ0) is 15.3. The van der Waals surface area contributed by atoms with Crippen molar-refractivity contribution in [2.24, 2.45) is 5.41 Å². The molecule has 4 nitrogen and oxygen atoms in total. The third-order valence-electron chi connectivity index (χ3n) is 4.21. The minimum atomic E-state index is -0.249. The van der Waals surface area contributed by atoms with Crippen LogP contribution in [0.4, 0.5) is 0 Å². The van der Waals surface area contributed by atoms with Crippen molar-refractivity contribution >= 4 is 11.8 Å². The number of benzene rings is 1. The molecular formula is C17H22O4. The molecular weight excluding hydrogens is 268 g/mol. The van der Waals surface area contributed by atoms with Gasteiger partial charge in [0.2, 0.25) is 0 Å². The summed E-state index contributed by atoms with van der Waals surface area (Å²) in [5.74, 6) is -0.0345. The SMILES string of the molecule is CCOC(=O)CC1(CC(=O)c2ccc(O)cc2)CCCC1. The molecule has 0 amide bonds. The highest BCUT2D eigenvalue weighted by Crippen LogP contribution is 2.45. The first-order valence-electron chi connectivity index (χ1n) is 7.52. The van der Waals surface area contributed by atoms with Gasteiger partial charge in [0.25, 0.3) is 0 Å². The summed E-state index contributed by atoms with van der Waals surface area (Å²) in [4.78, 5) is 24.2. The van der Waals surface area contributed by atoms with E-state index in [4.69, 9.17) is 4.74 Å². The molecule has 0 radical (unpaired) electrons. The van der Waals surface area contributed by atoms with Crippen molar-refractivity contribution in [2.45, 2.75) is 45.4 Å². The summed E-state index contributed by atoms with van der Waals surface area (Å²) >= 11 is 0. The lowest BCUT2D eigenvalue weighted by Gasteiger charge is -2.27. The zero-order valence-corrected chi connectivity index (χ0v) is 12.4. The van der Waals surface area contributed by atoms with Crippen LogP contribution in [0, 0.1) is 5.41 Å². The highest BCUT2D eigenvalue weighted by Gasteiger charge is 2.38. The quantitative estimate of drug-likeness (QED) is 0.643. The van der Waals surface area contributed by atoms with Gasteiger partial charge in [0.05, 0.1) is 13.0 Å². The van der Waals surface area contributed by atoms with Crippen LogP contribution in [-0.2, 0) is 9.53 Å². The summed E-state index contributed by atoms with van der Waals surface area (Å²) in [6.45, 7) is 2.17. The summed E-state index contributed by atoms with van der Waals surface area (Å²) in [6.07, 6.45) is 4.61. The first kappa shape index (κ1) is 15.5. The fourth-order valence-corrected chi connectivity index (χ4v) is 3.15. The Morgan fingerprint density at radius 3 is 2.33 bits per heavy atom. The molecule has 1 aromatic carbocycles. The molecule has 1 aliphatic rings. The molecule has 0 bridgehead atoms. The second-order valence-electron chi connectivity index (χ2n) is 5.84. The molecule has 21 heavy (non-hydrogen) atoms. The molecule has 0 unspecified atom stereocenters. The number of carbonyl (C=O) groups excluding carboxylic acids is 2. The van der Waals surface area contributed by atoms with Crippen molar-refractivity contribution in [3.63, 3.8) is 0 Å². The number of ether oxygens (including phenoxy) is 1. The molecule has 0 aliphatic heterocycles. The van der Waals surface area contributed by atoms with Gasteiger partial charge in [-0.3, -0.25) is 9.59 Å². The summed E-state index contributed by atoms with van der Waals surface area (Å²) in [6, 6.07) is 6.29. The van der Waals surface area contributed by atoms with Gasteiger partial charge >= 0.3 is 5.97 Å². The summed E-state index contributed by atoms with van der Waals surface area (Å²) < 4.78 is 5.05. The average molecular weight is 290 g/mol. The van der Waals surface area contributed by atoms with E-state index < -0.39 is 0 Å². The monoisotopic (exact) mass is 290 g/mol. The number of esters is 1. The first-order chi connectivity index (χ1) is 10.0. The van der Waals surface area contributed by atoms with Gasteiger partial charge in [-0.05, 0) is 49.4 Å². The van der Waals surface area contributed by atoms with E-state index in [1.807, 2.05) is 0 Å². The Kier molecular flexibility index (Phi) is 4.99. The average Bonchev–Trinajstić information content (AvgIpc) is 2.87. The summed E-state index contributed by atoms with van der Waals surface area (Å²) in [5.41, 5.74) is 0.337. The van der Waals surface area contributed by atoms with E-state index >= 15 is 0 Å². The standard InChI is InChI=1S/C17H22O4/c1-2-21-16(20)12-17(9-3-4-10-17)11-15(19)13-5-7-14(18)8-6-13/h5-8,18H,2-4,9-12H2,1H3. The minimum Gasteiger partial charge on any atom is -0.508 e. The smallest absolute Gasteiger partial charge is 0.306 e. The Morgan fingerprint density at radius 1 is 1.14 bits per heavy atom. The Hall–Kier alpha value is -1.84. The van der Waals surface area contributed by atoms with Crippen LogP contribution in [0.25, 0.3) is 0 Å². The van der Waals surface area contributed by atoms with Crippen LogP contribution in [0.1, 0.15) is 55.8 Å². The molecule has 1 fully saturated rings. The van der Waals surface area contributed by atoms with Crippen LogP contribution in [0.15, 0.2) is 24.3 Å². The first-order valence-corrected chi connectivity index (χ1v) is 7.52. The van der Waals surface area contributed by atoms with Gasteiger partial charge in [-0.25, -0.2) is 0 Å². The molecule has 4 heteroatoms. The number of carbonyl (C=O) groups is 2. The van der Waals surface area contributed by atoms with Crippen molar-refractivity contribution in [3.05, 3.63) is 29.8 Å². The molecule has 0 heterocycles. The predicted molar refractivity (Wildman–Crippen MR) is 79.2 cm³/mol. The molecule has 1 aliphatic carbocycles. The van der Waals surface area contributed by atoms with E-state index in [0.717, 1.165) is 25.7 Å². The number of phenolic OH excluding ortho intramolecular Hbond substituents is 1. The maximum Gasteiger partial charge on any atom is 0.306 e. The Bertz CT molecular complexity index is 498. The van der Waals surface area contributed by atoms with Crippen molar-refractivity contribution < 1.29 is 19.4 Å². The maximum atomic E-state index is 12.4. The number of ketones is 1. The predicted octanol–water partition coefficient (Wildman–Crippen LogP) is 3.48. The zero-order valence-electron chi connectivity index (χ0n) is 12.4. The van der Waals surface area contributed by atoms with Crippen LogP contribution in [0.3, 0.4) is 0 Å². The topological polar surface area (TPSA) is 63.6 Å². The lowest BCUT2D eigenvalue weighted by Crippen LogP contribution is -2.26. The molecule has 1 N–H and O–H groups in total. The van der Waals surface area contributed by atoms with Crippen LogP contribution in [0.5, 0.6) is 5.75 Å². The van der Waals surface area contributed by atoms with Crippen molar-refractivity contribution in [1.82, 2.24) is 0 Å². The molecule has 0 spiro atoms. The lowest BCUT2D eigenvalue weighted by molar-refractivity contribution is -0.145. The Morgan fingerprint density at radius 2 is 1.76 bits per heavy atom. The second kappa shape index (κ2) is 6.74. The van der Waals surface area contributed by atoms with Gasteiger partial charge in [-0.1, -0.05) is 12.8 Å². The normalized spacial score (nSPS) is 16.6. The van der Waals surface area contributed by atoms with Crippen LogP contribution < -0.4 is 0 Å². The van der Waals surface area contributed by atoms with Gasteiger partial charge in [0.15, 0.2) is 5.78 Å².